The molecule has 3 N–H and O–H groups in total. The molecule has 1 fully saturated rings. The second-order valence-corrected chi connectivity index (χ2v) is 10.6. The van der Waals surface area contributed by atoms with E-state index in [2.05, 4.69) is 22.5 Å². The van der Waals surface area contributed by atoms with Gasteiger partial charge in [0.2, 0.25) is 6.41 Å². The van der Waals surface area contributed by atoms with E-state index in [1.165, 1.54) is 6.07 Å². The molecule has 0 radical (unpaired) electrons. The molecule has 44 heavy (non-hydrogen) atoms. The lowest BCUT2D eigenvalue weighted by atomic mass is 9.75. The summed E-state index contributed by atoms with van der Waals surface area (Å²) in [7, 11) is 3.70. The molecule has 13 heteroatoms. The number of imidazole rings is 1. The van der Waals surface area contributed by atoms with Gasteiger partial charge >= 0.3 is 12.1 Å². The van der Waals surface area contributed by atoms with Crippen molar-refractivity contribution in [3.63, 3.8) is 0 Å². The van der Waals surface area contributed by atoms with Gasteiger partial charge in [0, 0.05) is 12.6 Å². The highest BCUT2D eigenvalue weighted by molar-refractivity contribution is 7.78. The minimum absolute atomic E-state index is 0.110. The Morgan fingerprint density at radius 1 is 1.05 bits per heavy atom. The number of aromatic nitrogens is 2. The monoisotopic (exact) mass is 636 g/mol. The zero-order chi connectivity index (χ0) is 32.6. The molecule has 0 aliphatic heterocycles. The van der Waals surface area contributed by atoms with E-state index in [1.807, 2.05) is 48.1 Å². The number of fused-ring (bicyclic) bond motifs is 1. The number of halogens is 5. The van der Waals surface area contributed by atoms with Crippen molar-refractivity contribution in [3.05, 3.63) is 83.2 Å². The SMILES string of the molecule is CNS.Cc1nc2cc(-c3ccc([C@@H]4CCCCC4C(=O)O)cc3F)ccc2n1C.O=CNc1ccc(C(F)(F)F)cc1F. The van der Waals surface area contributed by atoms with E-state index in [-0.39, 0.29) is 23.8 Å². The van der Waals surface area contributed by atoms with Crippen LogP contribution in [0.5, 0.6) is 0 Å². The van der Waals surface area contributed by atoms with Gasteiger partial charge in [0.25, 0.3) is 0 Å². The first-order valence-corrected chi connectivity index (χ1v) is 14.1. The molecular weight excluding hydrogens is 603 g/mol. The predicted octanol–water partition coefficient (Wildman–Crippen LogP) is 7.51. The molecule has 1 heterocycles. The number of carboxylic acids is 1. The second kappa shape index (κ2) is 15.2. The number of thiol groups is 1. The number of rotatable bonds is 5. The first kappa shape index (κ1) is 34.5. The van der Waals surface area contributed by atoms with E-state index in [0.29, 0.717) is 24.1 Å². The zero-order valence-electron chi connectivity index (χ0n) is 24.3. The fourth-order valence-corrected chi connectivity index (χ4v) is 5.18. The van der Waals surface area contributed by atoms with Crippen LogP contribution >= 0.6 is 12.8 Å². The third-order valence-corrected chi connectivity index (χ3v) is 7.43. The summed E-state index contributed by atoms with van der Waals surface area (Å²) in [6.45, 7) is 1.94. The van der Waals surface area contributed by atoms with Crippen molar-refractivity contribution in [3.8, 4) is 11.1 Å². The molecule has 0 spiro atoms. The van der Waals surface area contributed by atoms with Crippen molar-refractivity contribution in [2.75, 3.05) is 12.4 Å². The maximum atomic E-state index is 14.9. The molecule has 7 nitrogen and oxygen atoms in total. The van der Waals surface area contributed by atoms with Crippen LogP contribution in [-0.4, -0.2) is 34.1 Å². The van der Waals surface area contributed by atoms with Gasteiger partial charge in [0.1, 0.15) is 17.5 Å². The lowest BCUT2D eigenvalue weighted by Gasteiger charge is -2.29. The number of carbonyl (C=O) groups is 2. The number of anilines is 1. The number of aliphatic carboxylic acids is 1. The molecule has 1 unspecified atom stereocenters. The molecule has 1 aliphatic carbocycles. The van der Waals surface area contributed by atoms with E-state index in [4.69, 9.17) is 0 Å². The molecule has 0 bridgehead atoms. The Morgan fingerprint density at radius 3 is 2.32 bits per heavy atom. The second-order valence-electron chi connectivity index (χ2n) is 10.2. The number of hydrogen-bond donors (Lipinski definition) is 4. The molecule has 3 aromatic carbocycles. The molecule has 4 aromatic rings. The van der Waals surface area contributed by atoms with Crippen LogP contribution in [0.25, 0.3) is 22.2 Å². The maximum absolute atomic E-state index is 14.9. The van der Waals surface area contributed by atoms with Crippen LogP contribution in [-0.2, 0) is 22.8 Å². The normalized spacial score (nSPS) is 16.3. The Balaban J connectivity index is 0.000000262. The Kier molecular flexibility index (Phi) is 11.9. The van der Waals surface area contributed by atoms with Gasteiger partial charge in [0.15, 0.2) is 0 Å². The van der Waals surface area contributed by atoms with Crippen molar-refractivity contribution in [2.24, 2.45) is 13.0 Å². The Hall–Kier alpha value is -3.97. The molecule has 2 atom stereocenters. The summed E-state index contributed by atoms with van der Waals surface area (Å²) in [4.78, 5) is 26.0. The van der Waals surface area contributed by atoms with Crippen molar-refractivity contribution >= 4 is 41.9 Å². The molecule has 5 rings (SSSR count). The number of carboxylic acid groups (broad SMARTS) is 1. The highest BCUT2D eigenvalue weighted by atomic mass is 32.1. The lowest BCUT2D eigenvalue weighted by molar-refractivity contribution is -0.143. The Bertz CT molecular complexity index is 1610. The van der Waals surface area contributed by atoms with Crippen LogP contribution in [0.2, 0.25) is 0 Å². The molecule has 1 aliphatic rings. The standard InChI is InChI=1S/C22H23FN2O2.C8H5F4NO.CH5NS/c1-13-24-20-12-15(8-10-21(20)25(13)2)17-9-7-14(11-19(17)23)16-5-3-4-6-18(16)22(26)27;9-6-3-5(8(10,11)12)1-2-7(6)13-4-14;1-2-3/h7-12,16,18H,3-6H2,1-2H3,(H,26,27);1-4H,(H,13,14);2-3H,1H3/t16-,18?;;/m0../s1. The van der Waals surface area contributed by atoms with E-state index >= 15 is 0 Å². The number of hydrogen-bond acceptors (Lipinski definition) is 5. The van der Waals surface area contributed by atoms with E-state index in [1.54, 1.807) is 13.1 Å². The van der Waals surface area contributed by atoms with E-state index in [0.717, 1.165) is 53.3 Å². The van der Waals surface area contributed by atoms with Crippen LogP contribution in [0.4, 0.5) is 27.6 Å². The highest BCUT2D eigenvalue weighted by Crippen LogP contribution is 2.39. The summed E-state index contributed by atoms with van der Waals surface area (Å²) in [6, 6.07) is 12.8. The predicted molar refractivity (Wildman–Crippen MR) is 162 cm³/mol. The summed E-state index contributed by atoms with van der Waals surface area (Å²) in [5.41, 5.74) is 2.57. The number of aryl methyl sites for hydroxylation is 2. The first-order valence-electron chi connectivity index (χ1n) is 13.7. The zero-order valence-corrected chi connectivity index (χ0v) is 25.1. The van der Waals surface area contributed by atoms with Crippen LogP contribution in [0.1, 0.15) is 48.6 Å². The number of carbonyl (C=O) groups excluding carboxylic acids is 1. The largest absolute Gasteiger partial charge is 0.481 e. The number of nitrogens with one attached hydrogen (secondary N) is 2. The van der Waals surface area contributed by atoms with Gasteiger partial charge < -0.3 is 15.0 Å². The fraction of sp³-hybridized carbons (Fsp3) is 0.323. The Morgan fingerprint density at radius 2 is 1.73 bits per heavy atom. The fourth-order valence-electron chi connectivity index (χ4n) is 5.18. The average Bonchev–Trinajstić information content (AvgIpc) is 3.26. The molecule has 1 saturated carbocycles. The van der Waals surface area contributed by atoms with Gasteiger partial charge in [-0.25, -0.2) is 13.8 Å². The summed E-state index contributed by atoms with van der Waals surface area (Å²) in [6.07, 6.45) is -1.01. The van der Waals surface area contributed by atoms with Gasteiger partial charge in [-0.05, 0) is 80.3 Å². The number of benzene rings is 3. The first-order chi connectivity index (χ1) is 20.8. The van der Waals surface area contributed by atoms with Crippen LogP contribution in [0, 0.1) is 24.5 Å². The minimum Gasteiger partial charge on any atom is -0.481 e. The van der Waals surface area contributed by atoms with Crippen LogP contribution < -0.4 is 10.0 Å². The topological polar surface area (TPSA) is 96.2 Å². The number of amides is 1. The van der Waals surface area contributed by atoms with Crippen LogP contribution in [0.3, 0.4) is 0 Å². The van der Waals surface area contributed by atoms with E-state index in [9.17, 15) is 36.6 Å². The maximum Gasteiger partial charge on any atom is 0.416 e. The minimum atomic E-state index is -4.58. The summed E-state index contributed by atoms with van der Waals surface area (Å²) in [5.74, 6) is -1.83. The molecule has 1 amide bonds. The van der Waals surface area contributed by atoms with Gasteiger partial charge in [-0.3, -0.25) is 14.3 Å². The van der Waals surface area contributed by atoms with Gasteiger partial charge in [0.05, 0.1) is 28.2 Å². The Labute approximate surface area is 257 Å². The van der Waals surface area contributed by atoms with Crippen molar-refractivity contribution in [2.45, 2.75) is 44.7 Å². The third kappa shape index (κ3) is 8.35. The average molecular weight is 637 g/mol. The quantitative estimate of drug-likeness (QED) is 0.103. The third-order valence-electron chi connectivity index (χ3n) is 7.43. The smallest absolute Gasteiger partial charge is 0.416 e. The molecule has 0 saturated heterocycles. The number of nitrogens with zero attached hydrogens (tertiary/aromatic N) is 2. The van der Waals surface area contributed by atoms with Gasteiger partial charge in [-0.2, -0.15) is 13.2 Å². The van der Waals surface area contributed by atoms with E-state index < -0.39 is 29.4 Å². The lowest BCUT2D eigenvalue weighted by Crippen LogP contribution is -2.25. The molecular formula is C31H33F5N4O3S. The molecule has 1 aromatic heterocycles. The highest BCUT2D eigenvalue weighted by Gasteiger charge is 2.32. The van der Waals surface area contributed by atoms with Gasteiger partial charge in [-0.1, -0.05) is 43.9 Å². The molecule has 236 valence electrons. The van der Waals surface area contributed by atoms with Crippen LogP contribution in [0.15, 0.2) is 54.6 Å². The van der Waals surface area contributed by atoms with Crippen molar-refractivity contribution < 1.29 is 36.6 Å². The summed E-state index contributed by atoms with van der Waals surface area (Å²) in [5, 5.41) is 11.4. The van der Waals surface area contributed by atoms with Crippen molar-refractivity contribution in [1.29, 1.82) is 0 Å². The summed E-state index contributed by atoms with van der Waals surface area (Å²) >= 11 is 3.54. The van der Waals surface area contributed by atoms with Crippen molar-refractivity contribution in [1.82, 2.24) is 14.3 Å². The number of alkyl halides is 3. The summed E-state index contributed by atoms with van der Waals surface area (Å²) < 4.78 is 68.3. The van der Waals surface area contributed by atoms with Gasteiger partial charge in [-0.15, -0.1) is 0 Å².